The first kappa shape index (κ1) is 15.9. The molecule has 3 rings (SSSR count). The molecule has 7 nitrogen and oxygen atoms in total. The number of ether oxygens (including phenoxy) is 2. The van der Waals surface area contributed by atoms with Gasteiger partial charge in [0.1, 0.15) is 5.69 Å². The Bertz CT molecular complexity index is 860. The standard InChI is InChI=1S/C15H14F2N4O3/c1-8-6-10(21(2)20-8)14-19-18-13(24-14)9-4-5-11(23-15(16)17)12(7-9)22-3/h4-7,15H,1-3H3. The molecule has 0 unspecified atom stereocenters. The van der Waals surface area contributed by atoms with Gasteiger partial charge in [-0.2, -0.15) is 13.9 Å². The molecule has 0 aliphatic rings. The summed E-state index contributed by atoms with van der Waals surface area (Å²) >= 11 is 0. The van der Waals surface area contributed by atoms with E-state index in [0.717, 1.165) is 5.69 Å². The number of aryl methyl sites for hydroxylation is 2. The molecule has 126 valence electrons. The van der Waals surface area contributed by atoms with Crippen molar-refractivity contribution in [1.82, 2.24) is 20.0 Å². The van der Waals surface area contributed by atoms with Crippen molar-refractivity contribution in [2.45, 2.75) is 13.5 Å². The van der Waals surface area contributed by atoms with E-state index in [4.69, 9.17) is 9.15 Å². The predicted molar refractivity (Wildman–Crippen MR) is 79.9 cm³/mol. The van der Waals surface area contributed by atoms with E-state index in [1.165, 1.54) is 25.3 Å². The van der Waals surface area contributed by atoms with Crippen molar-refractivity contribution >= 4 is 0 Å². The maximum atomic E-state index is 12.4. The Kier molecular flexibility index (Phi) is 4.15. The average Bonchev–Trinajstić information content (AvgIpc) is 3.13. The first-order valence-electron chi connectivity index (χ1n) is 6.95. The summed E-state index contributed by atoms with van der Waals surface area (Å²) in [4.78, 5) is 0. The highest BCUT2D eigenvalue weighted by Crippen LogP contribution is 2.33. The van der Waals surface area contributed by atoms with E-state index in [0.29, 0.717) is 17.1 Å². The molecule has 1 aromatic carbocycles. The number of benzene rings is 1. The van der Waals surface area contributed by atoms with Gasteiger partial charge in [-0.05, 0) is 31.2 Å². The number of aromatic nitrogens is 4. The SMILES string of the molecule is COc1cc(-c2nnc(-c3cc(C)nn3C)o2)ccc1OC(F)F. The molecule has 0 radical (unpaired) electrons. The molecule has 2 aromatic heterocycles. The van der Waals surface area contributed by atoms with Gasteiger partial charge in [0.2, 0.25) is 5.89 Å². The van der Waals surface area contributed by atoms with E-state index < -0.39 is 6.61 Å². The molecular weight excluding hydrogens is 322 g/mol. The van der Waals surface area contributed by atoms with Gasteiger partial charge in [-0.25, -0.2) is 0 Å². The summed E-state index contributed by atoms with van der Waals surface area (Å²) < 4.78 is 41.4. The van der Waals surface area contributed by atoms with Gasteiger partial charge in [0.05, 0.1) is 12.8 Å². The number of hydrogen-bond donors (Lipinski definition) is 0. The van der Waals surface area contributed by atoms with Crippen molar-refractivity contribution < 1.29 is 22.7 Å². The van der Waals surface area contributed by atoms with Crippen LogP contribution >= 0.6 is 0 Å². The van der Waals surface area contributed by atoms with Gasteiger partial charge in [-0.15, -0.1) is 10.2 Å². The van der Waals surface area contributed by atoms with E-state index in [1.54, 1.807) is 11.7 Å². The zero-order chi connectivity index (χ0) is 17.3. The second-order valence-electron chi connectivity index (χ2n) is 4.95. The summed E-state index contributed by atoms with van der Waals surface area (Å²) in [6.07, 6.45) is 0. The summed E-state index contributed by atoms with van der Waals surface area (Å²) in [6, 6.07) is 6.20. The van der Waals surface area contributed by atoms with Crippen molar-refractivity contribution in [1.29, 1.82) is 0 Å². The minimum absolute atomic E-state index is 0.0711. The fourth-order valence-corrected chi connectivity index (χ4v) is 2.25. The molecule has 0 N–H and O–H groups in total. The quantitative estimate of drug-likeness (QED) is 0.713. The van der Waals surface area contributed by atoms with Gasteiger partial charge in [-0.3, -0.25) is 4.68 Å². The second kappa shape index (κ2) is 6.26. The minimum Gasteiger partial charge on any atom is -0.493 e. The number of nitrogens with zero attached hydrogens (tertiary/aromatic N) is 4. The zero-order valence-electron chi connectivity index (χ0n) is 13.2. The van der Waals surface area contributed by atoms with E-state index in [1.807, 2.05) is 13.0 Å². The Morgan fingerprint density at radius 2 is 1.88 bits per heavy atom. The summed E-state index contributed by atoms with van der Waals surface area (Å²) in [6.45, 7) is -1.08. The number of halogens is 2. The van der Waals surface area contributed by atoms with Crippen LogP contribution in [0.5, 0.6) is 11.5 Å². The molecule has 2 heterocycles. The third-order valence-corrected chi connectivity index (χ3v) is 3.27. The molecule has 24 heavy (non-hydrogen) atoms. The van der Waals surface area contributed by atoms with Crippen molar-refractivity contribution in [3.63, 3.8) is 0 Å². The molecule has 0 aliphatic heterocycles. The predicted octanol–water partition coefficient (Wildman–Crippen LogP) is 3.06. The minimum atomic E-state index is -2.94. The van der Waals surface area contributed by atoms with Crippen LogP contribution in [0.1, 0.15) is 5.69 Å². The molecule has 3 aromatic rings. The van der Waals surface area contributed by atoms with Crippen LogP contribution in [0.25, 0.3) is 23.0 Å². The van der Waals surface area contributed by atoms with E-state index in [9.17, 15) is 8.78 Å². The molecule has 0 aliphatic carbocycles. The van der Waals surface area contributed by atoms with Crippen LogP contribution in [-0.4, -0.2) is 33.7 Å². The molecule has 9 heteroatoms. The molecule has 0 spiro atoms. The fourth-order valence-electron chi connectivity index (χ4n) is 2.25. The maximum absolute atomic E-state index is 12.4. The van der Waals surface area contributed by atoms with Gasteiger partial charge in [0, 0.05) is 12.6 Å². The van der Waals surface area contributed by atoms with E-state index in [-0.39, 0.29) is 17.4 Å². The van der Waals surface area contributed by atoms with Gasteiger partial charge in [0.25, 0.3) is 5.89 Å². The molecule has 0 amide bonds. The largest absolute Gasteiger partial charge is 0.493 e. The van der Waals surface area contributed by atoms with Crippen LogP contribution in [0.15, 0.2) is 28.7 Å². The summed E-state index contributed by atoms with van der Waals surface area (Å²) in [5, 5.41) is 12.2. The Hall–Kier alpha value is -2.97. The monoisotopic (exact) mass is 336 g/mol. The van der Waals surface area contributed by atoms with Crippen LogP contribution in [0.4, 0.5) is 8.78 Å². The molecular formula is C15H14F2N4O3. The van der Waals surface area contributed by atoms with Crippen LogP contribution in [0.3, 0.4) is 0 Å². The number of methoxy groups -OCH3 is 1. The van der Waals surface area contributed by atoms with Crippen molar-refractivity contribution in [2.24, 2.45) is 7.05 Å². The van der Waals surface area contributed by atoms with Crippen molar-refractivity contribution in [3.05, 3.63) is 30.0 Å². The van der Waals surface area contributed by atoms with Crippen molar-refractivity contribution in [2.75, 3.05) is 7.11 Å². The highest BCUT2D eigenvalue weighted by atomic mass is 19.3. The summed E-state index contributed by atoms with van der Waals surface area (Å²) in [7, 11) is 3.13. The van der Waals surface area contributed by atoms with Gasteiger partial charge >= 0.3 is 6.61 Å². The Labute approximate surface area is 135 Å². The highest BCUT2D eigenvalue weighted by molar-refractivity contribution is 5.61. The third-order valence-electron chi connectivity index (χ3n) is 3.27. The molecule has 0 atom stereocenters. The topological polar surface area (TPSA) is 75.2 Å². The Balaban J connectivity index is 1.94. The Morgan fingerprint density at radius 1 is 1.12 bits per heavy atom. The lowest BCUT2D eigenvalue weighted by molar-refractivity contribution is -0.0512. The van der Waals surface area contributed by atoms with Gasteiger partial charge in [0.15, 0.2) is 11.5 Å². The maximum Gasteiger partial charge on any atom is 0.387 e. The van der Waals surface area contributed by atoms with E-state index >= 15 is 0 Å². The van der Waals surface area contributed by atoms with Gasteiger partial charge < -0.3 is 13.9 Å². The average molecular weight is 336 g/mol. The fraction of sp³-hybridized carbons (Fsp3) is 0.267. The lowest BCUT2D eigenvalue weighted by atomic mass is 10.2. The number of rotatable bonds is 5. The summed E-state index contributed by atoms with van der Waals surface area (Å²) in [5.74, 6) is 0.605. The smallest absolute Gasteiger partial charge is 0.387 e. The van der Waals surface area contributed by atoms with E-state index in [2.05, 4.69) is 20.0 Å². The van der Waals surface area contributed by atoms with Crippen LogP contribution in [0.2, 0.25) is 0 Å². The number of alkyl halides is 2. The second-order valence-corrected chi connectivity index (χ2v) is 4.95. The zero-order valence-corrected chi connectivity index (χ0v) is 13.2. The van der Waals surface area contributed by atoms with Crippen LogP contribution in [0, 0.1) is 6.92 Å². The molecule has 0 bridgehead atoms. The highest BCUT2D eigenvalue weighted by Gasteiger charge is 2.17. The lowest BCUT2D eigenvalue weighted by Crippen LogP contribution is -2.03. The first-order valence-corrected chi connectivity index (χ1v) is 6.95. The first-order chi connectivity index (χ1) is 11.5. The van der Waals surface area contributed by atoms with Gasteiger partial charge in [-0.1, -0.05) is 0 Å². The Morgan fingerprint density at radius 3 is 2.50 bits per heavy atom. The molecule has 0 saturated heterocycles. The molecule has 0 fully saturated rings. The number of hydrogen-bond acceptors (Lipinski definition) is 6. The normalized spacial score (nSPS) is 11.1. The van der Waals surface area contributed by atoms with Crippen molar-refractivity contribution in [3.8, 4) is 34.5 Å². The molecule has 0 saturated carbocycles. The lowest BCUT2D eigenvalue weighted by Gasteiger charge is -2.10. The summed E-state index contributed by atoms with van der Waals surface area (Å²) in [5.41, 5.74) is 2.02. The van der Waals surface area contributed by atoms with Crippen LogP contribution < -0.4 is 9.47 Å². The van der Waals surface area contributed by atoms with Crippen LogP contribution in [-0.2, 0) is 7.05 Å². The third kappa shape index (κ3) is 3.05.